The topological polar surface area (TPSA) is 77.0 Å². The Morgan fingerprint density at radius 1 is 1.26 bits per heavy atom. The van der Waals surface area contributed by atoms with Gasteiger partial charge in [0.15, 0.2) is 5.75 Å². The summed E-state index contributed by atoms with van der Waals surface area (Å²) in [6.07, 6.45) is 1.25. The minimum Gasteiger partial charge on any atom is -0.494 e. The number of sulfonamides is 1. The van der Waals surface area contributed by atoms with E-state index in [1.807, 2.05) is 0 Å². The zero-order valence-corrected chi connectivity index (χ0v) is 15.2. The average Bonchev–Trinajstić information content (AvgIpc) is 3.02. The van der Waals surface area contributed by atoms with Crippen LogP contribution in [0.1, 0.15) is 5.56 Å². The quantitative estimate of drug-likeness (QED) is 0.601. The number of hydrogen-bond donors (Lipinski definition) is 1. The predicted octanol–water partition coefficient (Wildman–Crippen LogP) is 3.38. The molecule has 1 aromatic heterocycles. The first-order valence-electron chi connectivity index (χ1n) is 6.09. The lowest BCUT2D eigenvalue weighted by atomic mass is 10.2. The molecule has 0 atom stereocenters. The molecular formula is C13H12Cl2N2O4S2. The average molecular weight is 395 g/mol. The van der Waals surface area contributed by atoms with Crippen LogP contribution in [-0.2, 0) is 10.0 Å². The number of methoxy groups -OCH3 is 2. The van der Waals surface area contributed by atoms with Crippen molar-refractivity contribution in [3.8, 4) is 11.5 Å². The molecule has 0 bridgehead atoms. The molecule has 0 saturated heterocycles. The maximum Gasteiger partial charge on any atom is 0.286 e. The van der Waals surface area contributed by atoms with E-state index in [9.17, 15) is 8.42 Å². The summed E-state index contributed by atoms with van der Waals surface area (Å²) in [5, 5.41) is 5.80. The molecule has 0 aliphatic rings. The Morgan fingerprint density at radius 3 is 2.52 bits per heavy atom. The number of hydrogen-bond acceptors (Lipinski definition) is 6. The Morgan fingerprint density at radius 2 is 1.96 bits per heavy atom. The summed E-state index contributed by atoms with van der Waals surface area (Å²) in [7, 11) is -0.856. The molecule has 2 aromatic rings. The maximum absolute atomic E-state index is 12.0. The van der Waals surface area contributed by atoms with Gasteiger partial charge in [-0.15, -0.1) is 11.3 Å². The summed E-state index contributed by atoms with van der Waals surface area (Å²) < 4.78 is 34.3. The molecule has 0 fully saturated rings. The summed E-state index contributed by atoms with van der Waals surface area (Å²) in [6, 6.07) is 4.62. The highest BCUT2D eigenvalue weighted by molar-refractivity contribution is 7.91. The van der Waals surface area contributed by atoms with Crippen molar-refractivity contribution in [1.82, 2.24) is 4.83 Å². The standard InChI is InChI=1S/C13H12Cl2N2O4S2/c1-20-12-8(6-9(14)13(21-2)11(12)15)7-16-17-23(18,19)10-4-3-5-22-10/h3-7,17H,1-2H3/b16-7+. The van der Waals surface area contributed by atoms with E-state index in [2.05, 4.69) is 9.93 Å². The Kier molecular flexibility index (Phi) is 5.74. The highest BCUT2D eigenvalue weighted by atomic mass is 35.5. The van der Waals surface area contributed by atoms with E-state index in [1.54, 1.807) is 11.4 Å². The van der Waals surface area contributed by atoms with Crippen LogP contribution in [-0.4, -0.2) is 28.9 Å². The van der Waals surface area contributed by atoms with Gasteiger partial charge in [-0.1, -0.05) is 29.3 Å². The van der Waals surface area contributed by atoms with Crippen LogP contribution in [0.25, 0.3) is 0 Å². The zero-order valence-electron chi connectivity index (χ0n) is 12.0. The second-order valence-corrected chi connectivity index (χ2v) is 7.73. The van der Waals surface area contributed by atoms with Crippen molar-refractivity contribution in [1.29, 1.82) is 0 Å². The summed E-state index contributed by atoms with van der Waals surface area (Å²) in [5.74, 6) is 0.536. The van der Waals surface area contributed by atoms with E-state index in [4.69, 9.17) is 32.7 Å². The Balaban J connectivity index is 2.30. The lowest BCUT2D eigenvalue weighted by Crippen LogP contribution is -2.17. The van der Waals surface area contributed by atoms with Gasteiger partial charge in [0, 0.05) is 5.56 Å². The Hall–Kier alpha value is -1.48. The van der Waals surface area contributed by atoms with Crippen LogP contribution in [0.5, 0.6) is 11.5 Å². The van der Waals surface area contributed by atoms with Crippen LogP contribution in [0.2, 0.25) is 10.0 Å². The lowest BCUT2D eigenvalue weighted by Gasteiger charge is -2.12. The van der Waals surface area contributed by atoms with Crippen molar-refractivity contribution in [2.45, 2.75) is 4.21 Å². The zero-order chi connectivity index (χ0) is 17.0. The van der Waals surface area contributed by atoms with E-state index in [1.165, 1.54) is 32.6 Å². The molecule has 0 aliphatic carbocycles. The van der Waals surface area contributed by atoms with Gasteiger partial charge in [0.05, 0.1) is 25.5 Å². The fraction of sp³-hybridized carbons (Fsp3) is 0.154. The summed E-state index contributed by atoms with van der Waals surface area (Å²) in [4.78, 5) is 2.11. The van der Waals surface area contributed by atoms with E-state index < -0.39 is 10.0 Å². The molecule has 2 rings (SSSR count). The molecule has 0 spiro atoms. The second kappa shape index (κ2) is 7.39. The molecule has 0 radical (unpaired) electrons. The number of ether oxygens (including phenoxy) is 2. The molecule has 23 heavy (non-hydrogen) atoms. The smallest absolute Gasteiger partial charge is 0.286 e. The minimum atomic E-state index is -3.70. The third kappa shape index (κ3) is 3.89. The van der Waals surface area contributed by atoms with Crippen LogP contribution in [0.4, 0.5) is 0 Å². The Bertz CT molecular complexity index is 821. The van der Waals surface area contributed by atoms with Crippen molar-refractivity contribution in [2.75, 3.05) is 14.2 Å². The fourth-order valence-corrected chi connectivity index (χ4v) is 4.19. The SMILES string of the molecule is COc1c(Cl)cc(/C=N/NS(=O)(=O)c2cccs2)c(OC)c1Cl. The fourth-order valence-electron chi connectivity index (χ4n) is 1.72. The number of rotatable bonds is 6. The van der Waals surface area contributed by atoms with E-state index in [0.29, 0.717) is 5.56 Å². The monoisotopic (exact) mass is 394 g/mol. The van der Waals surface area contributed by atoms with Crippen molar-refractivity contribution < 1.29 is 17.9 Å². The van der Waals surface area contributed by atoms with Gasteiger partial charge in [0.1, 0.15) is 15.0 Å². The third-order valence-corrected chi connectivity index (χ3v) is 5.95. The van der Waals surface area contributed by atoms with Gasteiger partial charge in [0.2, 0.25) is 0 Å². The normalized spacial score (nSPS) is 11.7. The van der Waals surface area contributed by atoms with Gasteiger partial charge < -0.3 is 9.47 Å². The Labute approximate surface area is 147 Å². The van der Waals surface area contributed by atoms with Gasteiger partial charge >= 0.3 is 0 Å². The number of nitrogens with zero attached hydrogens (tertiary/aromatic N) is 1. The highest BCUT2D eigenvalue weighted by Crippen LogP contribution is 2.41. The maximum atomic E-state index is 12.0. The van der Waals surface area contributed by atoms with Crippen molar-refractivity contribution >= 4 is 50.8 Å². The van der Waals surface area contributed by atoms with Gasteiger partial charge in [0.25, 0.3) is 10.0 Å². The van der Waals surface area contributed by atoms with E-state index in [0.717, 1.165) is 11.3 Å². The molecule has 0 saturated carbocycles. The third-order valence-electron chi connectivity index (χ3n) is 2.70. The van der Waals surface area contributed by atoms with Crippen LogP contribution in [0, 0.1) is 0 Å². The highest BCUT2D eigenvalue weighted by Gasteiger charge is 2.17. The molecule has 0 amide bonds. The molecule has 0 aliphatic heterocycles. The first-order chi connectivity index (χ1) is 10.9. The van der Waals surface area contributed by atoms with Crippen molar-refractivity contribution in [2.24, 2.45) is 5.10 Å². The molecule has 0 unspecified atom stereocenters. The summed E-state index contributed by atoms with van der Waals surface area (Å²) in [5.41, 5.74) is 0.400. The van der Waals surface area contributed by atoms with Crippen LogP contribution in [0.15, 0.2) is 32.9 Å². The molecular weight excluding hydrogens is 383 g/mol. The van der Waals surface area contributed by atoms with E-state index in [-0.39, 0.29) is 25.8 Å². The van der Waals surface area contributed by atoms with Crippen LogP contribution in [0.3, 0.4) is 0 Å². The second-order valence-electron chi connectivity index (χ2n) is 4.11. The van der Waals surface area contributed by atoms with Crippen molar-refractivity contribution in [3.05, 3.63) is 39.2 Å². The van der Waals surface area contributed by atoms with Crippen LogP contribution < -0.4 is 14.3 Å². The molecule has 6 nitrogen and oxygen atoms in total. The summed E-state index contributed by atoms with van der Waals surface area (Å²) >= 11 is 13.3. The predicted molar refractivity (Wildman–Crippen MR) is 91.8 cm³/mol. The molecule has 1 N–H and O–H groups in total. The molecule has 1 aromatic carbocycles. The number of hydrazone groups is 1. The number of thiophene rings is 1. The van der Waals surface area contributed by atoms with Gasteiger partial charge in [-0.25, -0.2) is 0 Å². The van der Waals surface area contributed by atoms with Gasteiger partial charge in [-0.3, -0.25) is 0 Å². The van der Waals surface area contributed by atoms with Crippen LogP contribution >= 0.6 is 34.5 Å². The lowest BCUT2D eigenvalue weighted by molar-refractivity contribution is 0.394. The summed E-state index contributed by atoms with van der Waals surface area (Å²) in [6.45, 7) is 0. The molecule has 124 valence electrons. The minimum absolute atomic E-state index is 0.160. The van der Waals surface area contributed by atoms with Gasteiger partial charge in [-0.05, 0) is 17.5 Å². The number of halogens is 2. The molecule has 10 heteroatoms. The molecule has 1 heterocycles. The first kappa shape index (κ1) is 17.9. The first-order valence-corrected chi connectivity index (χ1v) is 9.21. The van der Waals surface area contributed by atoms with E-state index >= 15 is 0 Å². The largest absolute Gasteiger partial charge is 0.494 e. The van der Waals surface area contributed by atoms with Crippen molar-refractivity contribution in [3.63, 3.8) is 0 Å². The number of benzene rings is 1. The number of nitrogens with one attached hydrogen (secondary N) is 1. The van der Waals surface area contributed by atoms with Gasteiger partial charge in [-0.2, -0.15) is 18.4 Å².